The zero-order valence-electron chi connectivity index (χ0n) is 8.96. The molecular formula is C11H20N2O. The van der Waals surface area contributed by atoms with Gasteiger partial charge >= 0.3 is 0 Å². The van der Waals surface area contributed by atoms with Gasteiger partial charge in [-0.15, -0.1) is 0 Å². The molecule has 0 aromatic rings. The molecule has 2 rings (SSSR count). The van der Waals surface area contributed by atoms with E-state index in [2.05, 4.69) is 17.1 Å². The summed E-state index contributed by atoms with van der Waals surface area (Å²) in [7, 11) is 0. The molecule has 1 atom stereocenters. The molecule has 14 heavy (non-hydrogen) atoms. The first-order valence-corrected chi connectivity index (χ1v) is 5.80. The van der Waals surface area contributed by atoms with E-state index < -0.39 is 0 Å². The Kier molecular flexibility index (Phi) is 3.06. The van der Waals surface area contributed by atoms with Crippen molar-refractivity contribution in [1.29, 1.82) is 0 Å². The summed E-state index contributed by atoms with van der Waals surface area (Å²) in [5, 5.41) is 3.30. The first-order chi connectivity index (χ1) is 6.79. The summed E-state index contributed by atoms with van der Waals surface area (Å²) in [5.41, 5.74) is 0. The molecule has 80 valence electrons. The molecule has 2 aliphatic heterocycles. The van der Waals surface area contributed by atoms with Crippen LogP contribution in [-0.2, 0) is 4.79 Å². The average molecular weight is 196 g/mol. The lowest BCUT2D eigenvalue weighted by molar-refractivity contribution is -0.136. The fourth-order valence-electron chi connectivity index (χ4n) is 2.56. The van der Waals surface area contributed by atoms with E-state index in [9.17, 15) is 4.79 Å². The summed E-state index contributed by atoms with van der Waals surface area (Å²) in [4.78, 5) is 14.2. The first-order valence-electron chi connectivity index (χ1n) is 5.80. The van der Waals surface area contributed by atoms with E-state index in [0.717, 1.165) is 32.5 Å². The lowest BCUT2D eigenvalue weighted by Crippen LogP contribution is -2.42. The molecule has 0 saturated carbocycles. The standard InChI is InChI=1S/C11H20N2O/c1-9-3-2-8-13(9)11(14)10-4-6-12-7-5-10/h9-10,12H,2-8H2,1H3/t9-/m1/s1. The maximum atomic E-state index is 12.1. The second-order valence-corrected chi connectivity index (χ2v) is 4.55. The van der Waals surface area contributed by atoms with Gasteiger partial charge in [0, 0.05) is 18.5 Å². The van der Waals surface area contributed by atoms with Crippen molar-refractivity contribution in [2.45, 2.75) is 38.6 Å². The number of likely N-dealkylation sites (tertiary alicyclic amines) is 1. The smallest absolute Gasteiger partial charge is 0.226 e. The van der Waals surface area contributed by atoms with E-state index >= 15 is 0 Å². The maximum absolute atomic E-state index is 12.1. The minimum absolute atomic E-state index is 0.303. The minimum Gasteiger partial charge on any atom is -0.340 e. The maximum Gasteiger partial charge on any atom is 0.226 e. The van der Waals surface area contributed by atoms with E-state index in [1.54, 1.807) is 0 Å². The quantitative estimate of drug-likeness (QED) is 0.678. The summed E-state index contributed by atoms with van der Waals surface area (Å²) >= 11 is 0. The topological polar surface area (TPSA) is 32.3 Å². The van der Waals surface area contributed by atoms with Gasteiger partial charge in [0.05, 0.1) is 0 Å². The highest BCUT2D eigenvalue weighted by Crippen LogP contribution is 2.22. The largest absolute Gasteiger partial charge is 0.340 e. The normalized spacial score (nSPS) is 29.5. The second kappa shape index (κ2) is 4.30. The van der Waals surface area contributed by atoms with Crippen molar-refractivity contribution in [2.24, 2.45) is 5.92 Å². The molecule has 2 heterocycles. The number of carbonyl (C=O) groups excluding carboxylic acids is 1. The van der Waals surface area contributed by atoms with Gasteiger partial charge in [-0.3, -0.25) is 4.79 Å². The van der Waals surface area contributed by atoms with Crippen LogP contribution in [0.2, 0.25) is 0 Å². The molecule has 1 amide bonds. The van der Waals surface area contributed by atoms with E-state index in [-0.39, 0.29) is 0 Å². The van der Waals surface area contributed by atoms with Gasteiger partial charge in [-0.25, -0.2) is 0 Å². The average Bonchev–Trinajstić information content (AvgIpc) is 2.65. The molecule has 0 aromatic carbocycles. The Morgan fingerprint density at radius 2 is 2.00 bits per heavy atom. The second-order valence-electron chi connectivity index (χ2n) is 4.55. The highest BCUT2D eigenvalue weighted by Gasteiger charge is 2.30. The highest BCUT2D eigenvalue weighted by atomic mass is 16.2. The van der Waals surface area contributed by atoms with Crippen LogP contribution in [-0.4, -0.2) is 36.5 Å². The van der Waals surface area contributed by atoms with Gasteiger partial charge in [0.2, 0.25) is 5.91 Å². The molecule has 0 unspecified atom stereocenters. The molecule has 0 radical (unpaired) electrons. The van der Waals surface area contributed by atoms with Crippen LogP contribution in [0.3, 0.4) is 0 Å². The van der Waals surface area contributed by atoms with E-state index in [0.29, 0.717) is 17.9 Å². The molecule has 1 N–H and O–H groups in total. The molecule has 0 bridgehead atoms. The highest BCUT2D eigenvalue weighted by molar-refractivity contribution is 5.79. The third-order valence-corrected chi connectivity index (χ3v) is 3.52. The number of rotatable bonds is 1. The molecule has 2 fully saturated rings. The number of hydrogen-bond acceptors (Lipinski definition) is 2. The Balaban J connectivity index is 1.92. The number of nitrogens with one attached hydrogen (secondary N) is 1. The lowest BCUT2D eigenvalue weighted by Gasteiger charge is -2.29. The molecule has 2 saturated heterocycles. The van der Waals surface area contributed by atoms with Crippen LogP contribution in [0.4, 0.5) is 0 Å². The Morgan fingerprint density at radius 3 is 2.57 bits per heavy atom. The van der Waals surface area contributed by atoms with Crippen molar-refractivity contribution >= 4 is 5.91 Å². The molecular weight excluding hydrogens is 176 g/mol. The lowest BCUT2D eigenvalue weighted by atomic mass is 9.96. The zero-order chi connectivity index (χ0) is 9.97. The summed E-state index contributed by atoms with van der Waals surface area (Å²) in [6.07, 6.45) is 4.44. The number of nitrogens with zero attached hydrogens (tertiary/aromatic N) is 1. The summed E-state index contributed by atoms with van der Waals surface area (Å²) < 4.78 is 0. The van der Waals surface area contributed by atoms with Crippen molar-refractivity contribution in [3.05, 3.63) is 0 Å². The summed E-state index contributed by atoms with van der Waals surface area (Å²) in [6, 6.07) is 0.484. The van der Waals surface area contributed by atoms with Crippen molar-refractivity contribution in [3.8, 4) is 0 Å². The van der Waals surface area contributed by atoms with Crippen molar-refractivity contribution in [3.63, 3.8) is 0 Å². The van der Waals surface area contributed by atoms with Crippen LogP contribution in [0.25, 0.3) is 0 Å². The molecule has 0 aliphatic carbocycles. The summed E-state index contributed by atoms with van der Waals surface area (Å²) in [6.45, 7) is 5.19. The minimum atomic E-state index is 0.303. The van der Waals surface area contributed by atoms with Crippen LogP contribution in [0.15, 0.2) is 0 Å². The fourth-order valence-corrected chi connectivity index (χ4v) is 2.56. The van der Waals surface area contributed by atoms with Crippen LogP contribution in [0.1, 0.15) is 32.6 Å². The number of piperidine rings is 1. The van der Waals surface area contributed by atoms with Crippen molar-refractivity contribution in [2.75, 3.05) is 19.6 Å². The van der Waals surface area contributed by atoms with Gasteiger partial charge in [-0.2, -0.15) is 0 Å². The van der Waals surface area contributed by atoms with Crippen molar-refractivity contribution < 1.29 is 4.79 Å². The van der Waals surface area contributed by atoms with E-state index in [4.69, 9.17) is 0 Å². The third-order valence-electron chi connectivity index (χ3n) is 3.52. The van der Waals surface area contributed by atoms with Crippen LogP contribution < -0.4 is 5.32 Å². The Hall–Kier alpha value is -0.570. The van der Waals surface area contributed by atoms with Gasteiger partial charge in [0.1, 0.15) is 0 Å². The molecule has 3 nitrogen and oxygen atoms in total. The Bertz CT molecular complexity index is 211. The van der Waals surface area contributed by atoms with Crippen molar-refractivity contribution in [1.82, 2.24) is 10.2 Å². The fraction of sp³-hybridized carbons (Fsp3) is 0.909. The summed E-state index contributed by atoms with van der Waals surface area (Å²) in [5.74, 6) is 0.716. The molecule has 2 aliphatic rings. The predicted octanol–water partition coefficient (Wildman–Crippen LogP) is 0.997. The van der Waals surface area contributed by atoms with Gasteiger partial charge in [-0.1, -0.05) is 0 Å². The zero-order valence-corrected chi connectivity index (χ0v) is 8.96. The van der Waals surface area contributed by atoms with Crippen LogP contribution >= 0.6 is 0 Å². The molecule has 0 aromatic heterocycles. The van der Waals surface area contributed by atoms with Crippen LogP contribution in [0, 0.1) is 5.92 Å². The Labute approximate surface area is 85.8 Å². The first kappa shape index (κ1) is 9.97. The van der Waals surface area contributed by atoms with Gasteiger partial charge in [-0.05, 0) is 45.7 Å². The SMILES string of the molecule is C[C@@H]1CCCN1C(=O)C1CCNCC1. The monoisotopic (exact) mass is 196 g/mol. The molecule has 0 spiro atoms. The number of carbonyl (C=O) groups is 1. The Morgan fingerprint density at radius 1 is 1.29 bits per heavy atom. The van der Waals surface area contributed by atoms with Gasteiger partial charge < -0.3 is 10.2 Å². The number of amides is 1. The van der Waals surface area contributed by atoms with Gasteiger partial charge in [0.25, 0.3) is 0 Å². The number of hydrogen-bond donors (Lipinski definition) is 1. The van der Waals surface area contributed by atoms with E-state index in [1.165, 1.54) is 12.8 Å². The van der Waals surface area contributed by atoms with Crippen LogP contribution in [0.5, 0.6) is 0 Å². The molecule has 3 heteroatoms. The van der Waals surface area contributed by atoms with Gasteiger partial charge in [0.15, 0.2) is 0 Å². The van der Waals surface area contributed by atoms with E-state index in [1.807, 2.05) is 0 Å². The third kappa shape index (κ3) is 1.92. The predicted molar refractivity (Wildman–Crippen MR) is 56.0 cm³/mol.